The molecule has 0 aliphatic carbocycles. The van der Waals surface area contributed by atoms with Gasteiger partial charge in [-0.3, -0.25) is 28.8 Å². The van der Waals surface area contributed by atoms with Gasteiger partial charge in [0.15, 0.2) is 31.4 Å². The number of hydrogen-bond acceptors (Lipinski definition) is 21. The number of nitrogens with zero attached hydrogens (tertiary/aromatic N) is 6. The van der Waals surface area contributed by atoms with Gasteiger partial charge in [0, 0.05) is 126 Å². The number of carbonyl (C=O) groups excluding carboxylic acids is 3. The monoisotopic (exact) mass is 1460 g/mol. The van der Waals surface area contributed by atoms with Crippen molar-refractivity contribution < 1.29 is 39.6 Å². The maximum Gasteiger partial charge on any atom is 0.279 e. The number of pyridine rings is 6. The third-order valence-corrected chi connectivity index (χ3v) is 23.4. The highest BCUT2D eigenvalue weighted by Gasteiger charge is 2.45. The van der Waals surface area contributed by atoms with Crippen LogP contribution in [0.25, 0.3) is 0 Å². The average molecular weight is 1460 g/mol. The molecule has 552 valence electrons. The van der Waals surface area contributed by atoms with Gasteiger partial charge in [-0.2, -0.15) is 25.3 Å². The van der Waals surface area contributed by atoms with Crippen molar-refractivity contribution in [3.63, 3.8) is 0 Å². The molecule has 0 aromatic carbocycles. The van der Waals surface area contributed by atoms with Crippen LogP contribution in [0.1, 0.15) is 210 Å². The van der Waals surface area contributed by atoms with Gasteiger partial charge in [0.1, 0.15) is 34.9 Å². The lowest BCUT2D eigenvalue weighted by atomic mass is 9.91. The zero-order valence-electron chi connectivity index (χ0n) is 61.1. The van der Waals surface area contributed by atoms with Crippen LogP contribution in [-0.4, -0.2) is 129 Å². The molecular formula is C72H99N15O12S3. The summed E-state index contributed by atoms with van der Waals surface area (Å²) in [7, 11) is -12.9. The van der Waals surface area contributed by atoms with Gasteiger partial charge in [-0.15, -0.1) is 0 Å². The number of rotatable bonds is 0. The molecule has 3 fully saturated rings. The van der Waals surface area contributed by atoms with Crippen molar-refractivity contribution in [1.29, 1.82) is 0 Å². The number of amides is 3. The number of anilines is 6. The first-order chi connectivity index (χ1) is 47.3. The molecule has 0 radical (unpaired) electrons. The van der Waals surface area contributed by atoms with E-state index in [0.717, 1.165) is 113 Å². The first kappa shape index (κ1) is 76.0. The second kappa shape index (κ2) is 28.2. The SMILES string of the molecule is CC(C)(C)c1ccc2c(n1)N1CC(CCCNc3cc(=O)cc([nH]3)S(=O)(=O)NC2=O)CC1(C)C.CC(C)(C)c1ccc2c(n1)N1CC(CCCNc3cc(=O)cc([nH]3)S(=O)(=O)NC2=O)CC1(C)C.CC(C)(C)c1ccc2c(n1)N1CC(CCCNc3cc(=O)cc([nH]3)S(=O)(=O)NC2=O)CC1(C)C. The summed E-state index contributed by atoms with van der Waals surface area (Å²) >= 11 is 0. The molecule has 12 rings (SSSR count). The Morgan fingerprint density at radius 2 is 0.627 bits per heavy atom. The van der Waals surface area contributed by atoms with E-state index in [1.807, 2.05) is 62.3 Å². The second-order valence-corrected chi connectivity index (χ2v) is 37.7. The Kier molecular flexibility index (Phi) is 21.0. The highest BCUT2D eigenvalue weighted by Crippen LogP contribution is 2.44. The summed E-state index contributed by atoms with van der Waals surface area (Å²) in [5.74, 6) is 1.23. The van der Waals surface area contributed by atoms with E-state index < -0.39 is 64.1 Å². The fourth-order valence-corrected chi connectivity index (χ4v) is 17.4. The summed E-state index contributed by atoms with van der Waals surface area (Å²) in [5, 5.41) is 8.22. The second-order valence-electron chi connectivity index (χ2n) is 32.7. The minimum atomic E-state index is -4.32. The lowest BCUT2D eigenvalue weighted by Crippen LogP contribution is -2.41. The van der Waals surface area contributed by atoms with Crippen molar-refractivity contribution in [2.75, 3.05) is 69.9 Å². The molecule has 0 spiro atoms. The number of carbonyl (C=O) groups is 3. The largest absolute Gasteiger partial charge is 0.372 e. The molecule has 9 N–H and O–H groups in total. The summed E-state index contributed by atoms with van der Waals surface area (Å²) in [5.41, 5.74) is 0.140. The molecule has 6 aromatic rings. The molecule has 30 heteroatoms. The predicted molar refractivity (Wildman–Crippen MR) is 396 cm³/mol. The molecular weight excluding hydrogens is 1360 g/mol. The van der Waals surface area contributed by atoms with Crippen molar-refractivity contribution in [3.8, 4) is 0 Å². The fraction of sp³-hybridized carbons (Fsp3) is 0.542. The third-order valence-electron chi connectivity index (χ3n) is 19.6. The highest BCUT2D eigenvalue weighted by molar-refractivity contribution is 7.90. The summed E-state index contributed by atoms with van der Waals surface area (Å²) < 4.78 is 84.5. The van der Waals surface area contributed by atoms with E-state index in [2.05, 4.69) is 101 Å². The van der Waals surface area contributed by atoms with Crippen LogP contribution >= 0.6 is 0 Å². The maximum absolute atomic E-state index is 13.3. The minimum absolute atomic E-state index is 0.191. The number of fused-ring (bicyclic) bond motifs is 18. The predicted octanol–water partition coefficient (Wildman–Crippen LogP) is 8.99. The summed E-state index contributed by atoms with van der Waals surface area (Å²) in [6.07, 6.45) is 8.22. The Hall–Kier alpha value is -8.64. The lowest BCUT2D eigenvalue weighted by Gasteiger charge is -2.34. The molecule has 3 amide bonds. The maximum atomic E-state index is 13.3. The van der Waals surface area contributed by atoms with Gasteiger partial charge in [-0.05, 0) is 153 Å². The minimum Gasteiger partial charge on any atom is -0.372 e. The summed E-state index contributed by atoms with van der Waals surface area (Å²) in [6.45, 7) is 35.2. The van der Waals surface area contributed by atoms with Gasteiger partial charge in [-0.1, -0.05) is 62.3 Å². The first-order valence-corrected chi connectivity index (χ1v) is 39.3. The molecule has 12 bridgehead atoms. The van der Waals surface area contributed by atoms with Crippen LogP contribution in [0.5, 0.6) is 0 Å². The molecule has 3 unspecified atom stereocenters. The highest BCUT2D eigenvalue weighted by atomic mass is 32.2. The Labute approximate surface area is 597 Å². The Bertz CT molecular complexity index is 4300. The van der Waals surface area contributed by atoms with E-state index in [1.165, 1.54) is 18.2 Å². The number of H-pyrrole nitrogens is 3. The summed E-state index contributed by atoms with van der Waals surface area (Å²) in [6, 6.07) is 17.1. The van der Waals surface area contributed by atoms with E-state index in [0.29, 0.717) is 72.3 Å². The Morgan fingerprint density at radius 3 is 0.863 bits per heavy atom. The van der Waals surface area contributed by atoms with Crippen LogP contribution in [0, 0.1) is 17.8 Å². The van der Waals surface area contributed by atoms with E-state index in [1.54, 1.807) is 36.4 Å². The molecule has 3 atom stereocenters. The molecule has 3 saturated heterocycles. The average Bonchev–Trinajstić information content (AvgIpc) is 1.54. The van der Waals surface area contributed by atoms with Crippen molar-refractivity contribution in [1.82, 2.24) is 44.1 Å². The van der Waals surface area contributed by atoms with Gasteiger partial charge in [-0.25, -0.2) is 29.1 Å². The normalized spacial score (nSPS) is 22.1. The van der Waals surface area contributed by atoms with Gasteiger partial charge >= 0.3 is 0 Å². The van der Waals surface area contributed by atoms with E-state index >= 15 is 0 Å². The van der Waals surface area contributed by atoms with Crippen LogP contribution < -0.4 is 61.1 Å². The smallest absolute Gasteiger partial charge is 0.279 e. The number of sulfonamides is 3. The van der Waals surface area contributed by atoms with E-state index in [4.69, 9.17) is 15.0 Å². The van der Waals surface area contributed by atoms with Gasteiger partial charge in [0.25, 0.3) is 47.8 Å². The van der Waals surface area contributed by atoms with Gasteiger partial charge < -0.3 is 45.6 Å². The fourth-order valence-electron chi connectivity index (χ4n) is 14.4. The molecule has 6 aliphatic rings. The summed E-state index contributed by atoms with van der Waals surface area (Å²) in [4.78, 5) is 106. The molecule has 6 aliphatic heterocycles. The van der Waals surface area contributed by atoms with E-state index in [9.17, 15) is 54.0 Å². The zero-order valence-corrected chi connectivity index (χ0v) is 63.5. The lowest BCUT2D eigenvalue weighted by molar-refractivity contribution is 0.0972. The van der Waals surface area contributed by atoms with Crippen molar-refractivity contribution in [2.45, 2.75) is 210 Å². The first-order valence-electron chi connectivity index (χ1n) is 34.8. The van der Waals surface area contributed by atoms with Crippen molar-refractivity contribution >= 4 is 82.7 Å². The topological polar surface area (TPSA) is 373 Å². The molecule has 0 saturated carbocycles. The molecule has 12 heterocycles. The molecule has 6 aromatic heterocycles. The van der Waals surface area contributed by atoms with E-state index in [-0.39, 0.29) is 64.6 Å². The van der Waals surface area contributed by atoms with Crippen LogP contribution in [0.2, 0.25) is 0 Å². The Morgan fingerprint density at radius 1 is 0.382 bits per heavy atom. The number of nitrogens with one attached hydrogen (secondary N) is 9. The number of aromatic nitrogens is 6. The standard InChI is InChI=1S/3C24H33N5O4S/c3*1-23(2,3)18-9-8-17-21(26-18)29-14-15(13-24(29,4)5)7-6-10-25-19-11-16(30)12-20(27-19)34(32,33)28-22(17)31/h3*8-9,11-12,15H,6-7,10,13-14H2,1-5H3,(H,28,31)(H2,25,27,30). The van der Waals surface area contributed by atoms with Crippen LogP contribution in [0.3, 0.4) is 0 Å². The molecule has 27 nitrogen and oxygen atoms in total. The quantitative estimate of drug-likeness (QED) is 0.0684. The van der Waals surface area contributed by atoms with Crippen LogP contribution in [0.4, 0.5) is 34.9 Å². The third kappa shape index (κ3) is 17.3. The van der Waals surface area contributed by atoms with Crippen LogP contribution in [0.15, 0.2) is 102 Å². The van der Waals surface area contributed by atoms with Gasteiger partial charge in [0.05, 0.1) is 16.7 Å². The van der Waals surface area contributed by atoms with Crippen LogP contribution in [-0.2, 0) is 46.3 Å². The van der Waals surface area contributed by atoms with Crippen molar-refractivity contribution in [2.24, 2.45) is 17.8 Å². The molecule has 102 heavy (non-hydrogen) atoms. The van der Waals surface area contributed by atoms with Crippen molar-refractivity contribution in [3.05, 3.63) is 137 Å². The van der Waals surface area contributed by atoms with Gasteiger partial charge in [0.2, 0.25) is 0 Å². The Balaban J connectivity index is 0.000000165. The number of aromatic amines is 3. The number of hydrogen-bond donors (Lipinski definition) is 9. The zero-order chi connectivity index (χ0) is 74.7.